The summed E-state index contributed by atoms with van der Waals surface area (Å²) in [5.74, 6) is -0.390. The highest BCUT2D eigenvalue weighted by Crippen LogP contribution is 2.25. The number of hydrogen-bond donors (Lipinski definition) is 0. The molecule has 1 aromatic rings. The SMILES string of the molecule is CCCN1CCOC(c2nc(C(=O)OC)cs2)C1. The maximum absolute atomic E-state index is 11.3. The summed E-state index contributed by atoms with van der Waals surface area (Å²) in [5.41, 5.74) is 0.369. The number of carbonyl (C=O) groups excluding carboxylic acids is 1. The summed E-state index contributed by atoms with van der Waals surface area (Å²) in [6, 6.07) is 0. The quantitative estimate of drug-likeness (QED) is 0.780. The lowest BCUT2D eigenvalue weighted by atomic mass is 10.2. The highest BCUT2D eigenvalue weighted by molar-refractivity contribution is 7.09. The predicted molar refractivity (Wildman–Crippen MR) is 68.9 cm³/mol. The van der Waals surface area contributed by atoms with Gasteiger partial charge in [-0.2, -0.15) is 0 Å². The average molecular weight is 270 g/mol. The zero-order valence-electron chi connectivity index (χ0n) is 10.7. The molecule has 0 spiro atoms. The van der Waals surface area contributed by atoms with E-state index in [4.69, 9.17) is 4.74 Å². The third-order valence-corrected chi connectivity index (χ3v) is 3.82. The second-order valence-electron chi connectivity index (χ2n) is 4.22. The first-order valence-electron chi connectivity index (χ1n) is 6.12. The molecule has 2 heterocycles. The van der Waals surface area contributed by atoms with Gasteiger partial charge in [-0.25, -0.2) is 9.78 Å². The lowest BCUT2D eigenvalue weighted by Gasteiger charge is -2.31. The van der Waals surface area contributed by atoms with Crippen LogP contribution in [0.25, 0.3) is 0 Å². The third-order valence-electron chi connectivity index (χ3n) is 2.88. The molecular formula is C12H18N2O3S. The van der Waals surface area contributed by atoms with Gasteiger partial charge in [-0.1, -0.05) is 6.92 Å². The van der Waals surface area contributed by atoms with Gasteiger partial charge in [0.25, 0.3) is 0 Å². The molecule has 0 radical (unpaired) electrons. The van der Waals surface area contributed by atoms with Crippen LogP contribution in [-0.4, -0.2) is 49.2 Å². The van der Waals surface area contributed by atoms with Gasteiger partial charge in [-0.05, 0) is 13.0 Å². The number of rotatable bonds is 4. The van der Waals surface area contributed by atoms with Crippen LogP contribution < -0.4 is 0 Å². The van der Waals surface area contributed by atoms with Gasteiger partial charge in [0.05, 0.1) is 13.7 Å². The maximum atomic E-state index is 11.3. The van der Waals surface area contributed by atoms with Gasteiger partial charge < -0.3 is 9.47 Å². The van der Waals surface area contributed by atoms with E-state index in [2.05, 4.69) is 21.5 Å². The van der Waals surface area contributed by atoms with E-state index in [-0.39, 0.29) is 6.10 Å². The lowest BCUT2D eigenvalue weighted by Crippen LogP contribution is -2.38. The Morgan fingerprint density at radius 2 is 2.56 bits per heavy atom. The molecule has 0 amide bonds. The van der Waals surface area contributed by atoms with Crippen LogP contribution in [0.2, 0.25) is 0 Å². The average Bonchev–Trinajstić information content (AvgIpc) is 2.88. The molecule has 1 atom stereocenters. The number of esters is 1. The molecule has 0 aromatic carbocycles. The van der Waals surface area contributed by atoms with Crippen molar-refractivity contribution >= 4 is 17.3 Å². The lowest BCUT2D eigenvalue weighted by molar-refractivity contribution is -0.0299. The summed E-state index contributed by atoms with van der Waals surface area (Å²) in [5, 5.41) is 2.58. The topological polar surface area (TPSA) is 51.7 Å². The Kier molecular flexibility index (Phi) is 4.68. The predicted octanol–water partition coefficient (Wildman–Crippen LogP) is 1.71. The fraction of sp³-hybridized carbons (Fsp3) is 0.667. The van der Waals surface area contributed by atoms with E-state index in [0.717, 1.165) is 37.7 Å². The van der Waals surface area contributed by atoms with E-state index in [1.165, 1.54) is 18.4 Å². The van der Waals surface area contributed by atoms with Crippen molar-refractivity contribution in [2.75, 3.05) is 33.4 Å². The Morgan fingerprint density at radius 3 is 3.28 bits per heavy atom. The van der Waals surface area contributed by atoms with Crippen molar-refractivity contribution < 1.29 is 14.3 Å². The first kappa shape index (κ1) is 13.5. The summed E-state index contributed by atoms with van der Waals surface area (Å²) in [6.07, 6.45) is 1.12. The first-order valence-corrected chi connectivity index (χ1v) is 7.00. The summed E-state index contributed by atoms with van der Waals surface area (Å²) in [6.45, 7) is 5.79. The number of methoxy groups -OCH3 is 1. The van der Waals surface area contributed by atoms with Gasteiger partial charge >= 0.3 is 5.97 Å². The highest BCUT2D eigenvalue weighted by Gasteiger charge is 2.25. The molecule has 1 saturated heterocycles. The van der Waals surface area contributed by atoms with E-state index in [0.29, 0.717) is 5.69 Å². The summed E-state index contributed by atoms with van der Waals surface area (Å²) < 4.78 is 10.4. The minimum absolute atomic E-state index is 0.0197. The Balaban J connectivity index is 2.02. The van der Waals surface area contributed by atoms with Crippen LogP contribution in [0, 0.1) is 0 Å². The second kappa shape index (κ2) is 6.26. The van der Waals surface area contributed by atoms with Gasteiger partial charge in [0.1, 0.15) is 11.1 Å². The van der Waals surface area contributed by atoms with Crippen molar-refractivity contribution in [1.29, 1.82) is 0 Å². The van der Waals surface area contributed by atoms with Gasteiger partial charge in [-0.15, -0.1) is 11.3 Å². The number of hydrogen-bond acceptors (Lipinski definition) is 6. The Hall–Kier alpha value is -0.980. The third kappa shape index (κ3) is 3.07. The number of nitrogens with zero attached hydrogens (tertiary/aromatic N) is 2. The monoisotopic (exact) mass is 270 g/mol. The van der Waals surface area contributed by atoms with E-state index < -0.39 is 5.97 Å². The molecule has 18 heavy (non-hydrogen) atoms. The van der Waals surface area contributed by atoms with Gasteiger partial charge in [-0.3, -0.25) is 4.90 Å². The molecule has 1 aliphatic rings. The largest absolute Gasteiger partial charge is 0.464 e. The molecule has 1 aromatic heterocycles. The zero-order chi connectivity index (χ0) is 13.0. The summed E-state index contributed by atoms with van der Waals surface area (Å²) in [4.78, 5) is 18.0. The van der Waals surface area contributed by atoms with Crippen molar-refractivity contribution in [2.45, 2.75) is 19.4 Å². The van der Waals surface area contributed by atoms with E-state index >= 15 is 0 Å². The second-order valence-corrected chi connectivity index (χ2v) is 5.11. The van der Waals surface area contributed by atoms with E-state index in [1.807, 2.05) is 0 Å². The van der Waals surface area contributed by atoms with Gasteiger partial charge in [0, 0.05) is 18.5 Å². The number of thiazole rings is 1. The molecule has 2 rings (SSSR count). The number of morpholine rings is 1. The molecule has 1 fully saturated rings. The van der Waals surface area contributed by atoms with Crippen LogP contribution >= 0.6 is 11.3 Å². The number of carbonyl (C=O) groups is 1. The summed E-state index contributed by atoms with van der Waals surface area (Å²) >= 11 is 1.46. The van der Waals surface area contributed by atoms with E-state index in [1.54, 1.807) is 5.38 Å². The Bertz CT molecular complexity index is 406. The first-order chi connectivity index (χ1) is 8.74. The molecule has 1 unspecified atom stereocenters. The maximum Gasteiger partial charge on any atom is 0.357 e. The van der Waals surface area contributed by atoms with Crippen LogP contribution in [-0.2, 0) is 9.47 Å². The molecular weight excluding hydrogens is 252 g/mol. The van der Waals surface area contributed by atoms with Crippen molar-refractivity contribution in [3.8, 4) is 0 Å². The summed E-state index contributed by atoms with van der Waals surface area (Å²) in [7, 11) is 1.36. The molecule has 6 heteroatoms. The van der Waals surface area contributed by atoms with Gasteiger partial charge in [0.15, 0.2) is 5.69 Å². The molecule has 0 saturated carbocycles. The minimum Gasteiger partial charge on any atom is -0.464 e. The highest BCUT2D eigenvalue weighted by atomic mass is 32.1. The Morgan fingerprint density at radius 1 is 1.72 bits per heavy atom. The molecule has 0 bridgehead atoms. The normalized spacial score (nSPS) is 20.9. The molecule has 100 valence electrons. The van der Waals surface area contributed by atoms with Crippen molar-refractivity contribution in [3.05, 3.63) is 16.1 Å². The zero-order valence-corrected chi connectivity index (χ0v) is 11.5. The Labute approximate surface area is 111 Å². The number of ether oxygens (including phenoxy) is 2. The molecule has 1 aliphatic heterocycles. The van der Waals surface area contributed by atoms with Crippen molar-refractivity contribution in [3.63, 3.8) is 0 Å². The van der Waals surface area contributed by atoms with Crippen LogP contribution in [0.1, 0.15) is 34.9 Å². The standard InChI is InChI=1S/C12H18N2O3S/c1-3-4-14-5-6-17-10(7-14)11-13-9(8-18-11)12(15)16-2/h8,10H,3-7H2,1-2H3. The fourth-order valence-corrected chi connectivity index (χ4v) is 2.83. The van der Waals surface area contributed by atoms with Crippen LogP contribution in [0.3, 0.4) is 0 Å². The molecule has 0 aliphatic carbocycles. The van der Waals surface area contributed by atoms with E-state index in [9.17, 15) is 4.79 Å². The van der Waals surface area contributed by atoms with Crippen LogP contribution in [0.15, 0.2) is 5.38 Å². The molecule has 0 N–H and O–H groups in total. The number of aromatic nitrogens is 1. The van der Waals surface area contributed by atoms with Crippen molar-refractivity contribution in [2.24, 2.45) is 0 Å². The van der Waals surface area contributed by atoms with Crippen molar-refractivity contribution in [1.82, 2.24) is 9.88 Å². The van der Waals surface area contributed by atoms with Crippen LogP contribution in [0.5, 0.6) is 0 Å². The minimum atomic E-state index is -0.390. The fourth-order valence-electron chi connectivity index (χ4n) is 2.01. The smallest absolute Gasteiger partial charge is 0.357 e. The molecule has 5 nitrogen and oxygen atoms in total. The van der Waals surface area contributed by atoms with Gasteiger partial charge in [0.2, 0.25) is 0 Å². The van der Waals surface area contributed by atoms with Crippen LogP contribution in [0.4, 0.5) is 0 Å².